The number of hydrogen-bond donors (Lipinski definition) is 2. The van der Waals surface area contributed by atoms with Crippen LogP contribution >= 0.6 is 0 Å². The normalized spacial score (nSPS) is 12.8. The predicted molar refractivity (Wildman–Crippen MR) is 132 cm³/mol. The van der Waals surface area contributed by atoms with Crippen LogP contribution in [-0.2, 0) is 17.6 Å². The fourth-order valence-electron chi connectivity index (χ4n) is 4.45. The Morgan fingerprint density at radius 3 is 2.47 bits per heavy atom. The monoisotopic (exact) mass is 497 g/mol. The molecular weight excluding hydrogens is 471 g/mol. The summed E-state index contributed by atoms with van der Waals surface area (Å²) in [6, 6.07) is 6.94. The van der Waals surface area contributed by atoms with Gasteiger partial charge in [-0.1, -0.05) is 0 Å². The predicted octanol–water partition coefficient (Wildman–Crippen LogP) is 6.12. The summed E-state index contributed by atoms with van der Waals surface area (Å²) in [5.74, 6) is -3.37. The van der Waals surface area contributed by atoms with E-state index in [9.17, 15) is 18.7 Å². The van der Waals surface area contributed by atoms with Crippen LogP contribution in [0, 0.1) is 24.4 Å². The zero-order chi connectivity index (χ0) is 26.4. The number of carbonyl (C=O) groups is 1. The number of ether oxygens (including phenoxy) is 1. The van der Waals surface area contributed by atoms with Crippen molar-refractivity contribution in [3.63, 3.8) is 0 Å². The molecule has 0 saturated heterocycles. The summed E-state index contributed by atoms with van der Waals surface area (Å²) in [6.45, 7) is 7.15. The van der Waals surface area contributed by atoms with Gasteiger partial charge in [0.1, 0.15) is 23.2 Å². The van der Waals surface area contributed by atoms with Gasteiger partial charge in [0.25, 0.3) is 0 Å². The molecular formula is C28H26F3NO4. The van der Waals surface area contributed by atoms with Gasteiger partial charge in [0.05, 0.1) is 29.5 Å². The zero-order valence-electron chi connectivity index (χ0n) is 20.4. The number of aliphatic carboxylic acids is 1. The van der Waals surface area contributed by atoms with Crippen LogP contribution < -0.4 is 4.74 Å². The minimum atomic E-state index is -1.18. The second-order valence-electron chi connectivity index (χ2n) is 9.75. The van der Waals surface area contributed by atoms with E-state index >= 15 is 4.39 Å². The van der Waals surface area contributed by atoms with E-state index < -0.39 is 35.4 Å². The Hall–Kier alpha value is -3.65. The molecule has 188 valence electrons. The Morgan fingerprint density at radius 1 is 1.11 bits per heavy atom. The van der Waals surface area contributed by atoms with Crippen molar-refractivity contribution in [2.45, 2.75) is 46.1 Å². The van der Waals surface area contributed by atoms with Crippen LogP contribution in [0.1, 0.15) is 37.5 Å². The number of hydrogen-bond acceptors (Lipinski definition) is 4. The standard InChI is InChI=1S/C24H16F3NO3.C4H10O/c1-11-15(10-19(29)30)21(16-8-13(25)9-17(26)22(16)23(11)27)14-2-3-18-20-12(5-7-31-18)4-6-28-24(14)20;1-4(2,3)5/h2-4,6,8-9H,5,7,10H2,1H3,(H,29,30);5H,1-3H3. The third-order valence-electron chi connectivity index (χ3n) is 5.79. The maximum Gasteiger partial charge on any atom is 0.307 e. The number of carboxylic acids is 1. The number of halogens is 3. The molecule has 0 bridgehead atoms. The lowest BCUT2D eigenvalue weighted by Crippen LogP contribution is -2.10. The number of carboxylic acid groups (broad SMARTS) is 1. The van der Waals surface area contributed by atoms with Gasteiger partial charge in [-0.05, 0) is 79.6 Å². The SMILES string of the molecule is CC(C)(C)O.Cc1c(CC(=O)O)c(-c2ccc3c4c(ccnc24)CCO3)c2cc(F)cc(F)c2c1F. The van der Waals surface area contributed by atoms with E-state index in [-0.39, 0.29) is 27.5 Å². The van der Waals surface area contributed by atoms with Crippen molar-refractivity contribution in [2.24, 2.45) is 0 Å². The van der Waals surface area contributed by atoms with Crippen molar-refractivity contribution in [3.05, 3.63) is 70.7 Å². The molecule has 0 saturated carbocycles. The number of fused-ring (bicyclic) bond motifs is 1. The van der Waals surface area contributed by atoms with Gasteiger partial charge in [-0.2, -0.15) is 0 Å². The lowest BCUT2D eigenvalue weighted by atomic mass is 9.86. The van der Waals surface area contributed by atoms with Crippen LogP contribution in [0.15, 0.2) is 36.5 Å². The lowest BCUT2D eigenvalue weighted by molar-refractivity contribution is -0.136. The Labute approximate surface area is 206 Å². The molecule has 0 aliphatic carbocycles. The smallest absolute Gasteiger partial charge is 0.307 e. The van der Waals surface area contributed by atoms with Crippen LogP contribution in [0.25, 0.3) is 32.8 Å². The average Bonchev–Trinajstić information content (AvgIpc) is 2.77. The molecule has 2 heterocycles. The molecule has 1 aromatic heterocycles. The average molecular weight is 498 g/mol. The van der Waals surface area contributed by atoms with Gasteiger partial charge < -0.3 is 14.9 Å². The molecule has 4 aromatic rings. The van der Waals surface area contributed by atoms with Gasteiger partial charge in [-0.3, -0.25) is 9.78 Å². The van der Waals surface area contributed by atoms with Crippen molar-refractivity contribution >= 4 is 27.6 Å². The number of aromatic nitrogens is 1. The summed E-state index contributed by atoms with van der Waals surface area (Å²) in [5, 5.41) is 18.4. The molecule has 1 aliphatic heterocycles. The molecule has 5 rings (SSSR count). The first-order valence-electron chi connectivity index (χ1n) is 11.4. The summed E-state index contributed by atoms with van der Waals surface area (Å²) < 4.78 is 49.7. The van der Waals surface area contributed by atoms with E-state index in [0.29, 0.717) is 35.9 Å². The van der Waals surface area contributed by atoms with Gasteiger partial charge >= 0.3 is 5.97 Å². The molecule has 0 amide bonds. The number of rotatable bonds is 3. The Bertz CT molecular complexity index is 1490. The summed E-state index contributed by atoms with van der Waals surface area (Å²) >= 11 is 0. The number of pyridine rings is 1. The van der Waals surface area contributed by atoms with E-state index in [1.165, 1.54) is 6.92 Å². The summed E-state index contributed by atoms with van der Waals surface area (Å²) in [6.07, 6.45) is 1.79. The van der Waals surface area contributed by atoms with Crippen LogP contribution in [0.3, 0.4) is 0 Å². The largest absolute Gasteiger partial charge is 0.493 e. The molecule has 0 radical (unpaired) electrons. The summed E-state index contributed by atoms with van der Waals surface area (Å²) in [5.41, 5.74) is 1.91. The second kappa shape index (κ2) is 9.43. The minimum absolute atomic E-state index is 0.00661. The van der Waals surface area contributed by atoms with E-state index in [0.717, 1.165) is 17.0 Å². The second-order valence-corrected chi connectivity index (χ2v) is 9.75. The fourth-order valence-corrected chi connectivity index (χ4v) is 4.45. The number of aliphatic hydroxyl groups is 1. The fraction of sp³-hybridized carbons (Fsp3) is 0.286. The van der Waals surface area contributed by atoms with Crippen molar-refractivity contribution in [3.8, 4) is 16.9 Å². The maximum atomic E-state index is 15.1. The van der Waals surface area contributed by atoms with Crippen molar-refractivity contribution in [1.29, 1.82) is 0 Å². The first-order chi connectivity index (χ1) is 16.9. The van der Waals surface area contributed by atoms with Crippen LogP contribution in [0.4, 0.5) is 13.2 Å². The molecule has 36 heavy (non-hydrogen) atoms. The molecule has 2 N–H and O–H groups in total. The zero-order valence-corrected chi connectivity index (χ0v) is 20.4. The highest BCUT2D eigenvalue weighted by molar-refractivity contribution is 6.08. The van der Waals surface area contributed by atoms with E-state index in [2.05, 4.69) is 4.98 Å². The third kappa shape index (κ3) is 4.86. The van der Waals surface area contributed by atoms with Gasteiger partial charge in [0.15, 0.2) is 0 Å². The number of benzene rings is 3. The first kappa shape index (κ1) is 25.4. The van der Waals surface area contributed by atoms with E-state index in [1.54, 1.807) is 39.1 Å². The summed E-state index contributed by atoms with van der Waals surface area (Å²) in [7, 11) is 0. The molecule has 0 atom stereocenters. The first-order valence-corrected chi connectivity index (χ1v) is 11.4. The maximum absolute atomic E-state index is 15.1. The molecule has 3 aromatic carbocycles. The van der Waals surface area contributed by atoms with E-state index in [4.69, 9.17) is 9.84 Å². The van der Waals surface area contributed by atoms with E-state index in [1.807, 2.05) is 6.07 Å². The Morgan fingerprint density at radius 2 is 1.81 bits per heavy atom. The molecule has 0 unspecified atom stereocenters. The highest BCUT2D eigenvalue weighted by Gasteiger charge is 2.26. The van der Waals surface area contributed by atoms with Crippen molar-refractivity contribution in [1.82, 2.24) is 4.98 Å². The lowest BCUT2D eigenvalue weighted by Gasteiger charge is -2.22. The molecule has 1 aliphatic rings. The van der Waals surface area contributed by atoms with Gasteiger partial charge in [-0.25, -0.2) is 13.2 Å². The number of nitrogens with zero attached hydrogens (tertiary/aromatic N) is 1. The van der Waals surface area contributed by atoms with Crippen molar-refractivity contribution < 1.29 is 32.9 Å². The minimum Gasteiger partial charge on any atom is -0.493 e. The topological polar surface area (TPSA) is 79.7 Å². The van der Waals surface area contributed by atoms with Crippen LogP contribution in [0.2, 0.25) is 0 Å². The highest BCUT2D eigenvalue weighted by Crippen LogP contribution is 2.43. The molecule has 0 spiro atoms. The van der Waals surface area contributed by atoms with Crippen molar-refractivity contribution in [2.75, 3.05) is 6.61 Å². The Balaban J connectivity index is 0.000000556. The van der Waals surface area contributed by atoms with Crippen LogP contribution in [-0.4, -0.2) is 33.4 Å². The van der Waals surface area contributed by atoms with Gasteiger partial charge in [0.2, 0.25) is 0 Å². The molecule has 5 nitrogen and oxygen atoms in total. The van der Waals surface area contributed by atoms with Gasteiger partial charge in [0, 0.05) is 29.6 Å². The molecule has 8 heteroatoms. The molecule has 0 fully saturated rings. The highest BCUT2D eigenvalue weighted by atomic mass is 19.1. The van der Waals surface area contributed by atoms with Gasteiger partial charge in [-0.15, -0.1) is 0 Å². The third-order valence-corrected chi connectivity index (χ3v) is 5.79. The van der Waals surface area contributed by atoms with Crippen LogP contribution in [0.5, 0.6) is 5.75 Å². The quantitative estimate of drug-likeness (QED) is 0.357. The Kier molecular flexibility index (Phi) is 6.66. The summed E-state index contributed by atoms with van der Waals surface area (Å²) in [4.78, 5) is 16.1.